The van der Waals surface area contributed by atoms with Gasteiger partial charge >= 0.3 is 0 Å². The molecule has 20 heavy (non-hydrogen) atoms. The zero-order valence-corrected chi connectivity index (χ0v) is 12.9. The SMILES string of the molecule is CCC(CC)N(C)Cc1nnc(-c2ccc(Cl)cc2)o1. The maximum absolute atomic E-state index is 5.87. The summed E-state index contributed by atoms with van der Waals surface area (Å²) in [6, 6.07) is 7.93. The van der Waals surface area contributed by atoms with Crippen molar-refractivity contribution in [1.29, 1.82) is 0 Å². The van der Waals surface area contributed by atoms with Crippen LogP contribution in [-0.2, 0) is 6.54 Å². The predicted molar refractivity (Wildman–Crippen MR) is 80.6 cm³/mol. The second-order valence-corrected chi connectivity index (χ2v) is 5.33. The molecule has 1 aromatic carbocycles. The van der Waals surface area contributed by atoms with Gasteiger partial charge in [-0.05, 0) is 44.2 Å². The van der Waals surface area contributed by atoms with E-state index in [1.165, 1.54) is 0 Å². The van der Waals surface area contributed by atoms with Crippen LogP contribution in [0.2, 0.25) is 5.02 Å². The molecule has 0 aliphatic rings. The molecule has 0 aliphatic heterocycles. The van der Waals surface area contributed by atoms with Crippen molar-refractivity contribution in [2.24, 2.45) is 0 Å². The molecule has 1 aromatic heterocycles. The van der Waals surface area contributed by atoms with E-state index in [0.29, 0.717) is 29.4 Å². The van der Waals surface area contributed by atoms with Crippen LogP contribution in [0.5, 0.6) is 0 Å². The fraction of sp³-hybridized carbons (Fsp3) is 0.467. The van der Waals surface area contributed by atoms with Gasteiger partial charge in [0.2, 0.25) is 11.8 Å². The van der Waals surface area contributed by atoms with E-state index in [1.807, 2.05) is 24.3 Å². The van der Waals surface area contributed by atoms with E-state index in [9.17, 15) is 0 Å². The third kappa shape index (κ3) is 3.58. The summed E-state index contributed by atoms with van der Waals surface area (Å²) in [6.45, 7) is 5.06. The van der Waals surface area contributed by atoms with Crippen molar-refractivity contribution in [3.8, 4) is 11.5 Å². The Balaban J connectivity index is 2.07. The molecule has 108 valence electrons. The van der Waals surface area contributed by atoms with Gasteiger partial charge in [0.05, 0.1) is 6.54 Å². The van der Waals surface area contributed by atoms with Crippen LogP contribution in [0.4, 0.5) is 0 Å². The van der Waals surface area contributed by atoms with Gasteiger partial charge in [-0.3, -0.25) is 4.90 Å². The molecule has 0 aliphatic carbocycles. The Labute approximate surface area is 124 Å². The van der Waals surface area contributed by atoms with Gasteiger partial charge in [-0.1, -0.05) is 25.4 Å². The Morgan fingerprint density at radius 3 is 2.40 bits per heavy atom. The minimum absolute atomic E-state index is 0.537. The third-order valence-electron chi connectivity index (χ3n) is 3.51. The number of hydrogen-bond donors (Lipinski definition) is 0. The lowest BCUT2D eigenvalue weighted by Crippen LogP contribution is -2.30. The van der Waals surface area contributed by atoms with Gasteiger partial charge in [0, 0.05) is 16.6 Å². The van der Waals surface area contributed by atoms with Crippen molar-refractivity contribution >= 4 is 11.6 Å². The molecule has 5 heteroatoms. The molecule has 0 atom stereocenters. The van der Waals surface area contributed by atoms with Crippen molar-refractivity contribution in [2.75, 3.05) is 7.05 Å². The summed E-state index contributed by atoms with van der Waals surface area (Å²) in [7, 11) is 2.09. The quantitative estimate of drug-likeness (QED) is 0.807. The highest BCUT2D eigenvalue weighted by Crippen LogP contribution is 2.21. The van der Waals surface area contributed by atoms with Crippen LogP contribution in [0.1, 0.15) is 32.6 Å². The molecule has 0 bridgehead atoms. The van der Waals surface area contributed by atoms with Gasteiger partial charge in [-0.2, -0.15) is 0 Å². The third-order valence-corrected chi connectivity index (χ3v) is 3.76. The Bertz CT molecular complexity index is 534. The van der Waals surface area contributed by atoms with Gasteiger partial charge in [0.25, 0.3) is 0 Å². The Kier molecular flexibility index (Phi) is 5.15. The Morgan fingerprint density at radius 1 is 1.15 bits per heavy atom. The number of hydrogen-bond acceptors (Lipinski definition) is 4. The summed E-state index contributed by atoms with van der Waals surface area (Å²) < 4.78 is 5.71. The molecule has 0 N–H and O–H groups in total. The zero-order valence-electron chi connectivity index (χ0n) is 12.1. The van der Waals surface area contributed by atoms with E-state index in [0.717, 1.165) is 18.4 Å². The summed E-state index contributed by atoms with van der Waals surface area (Å²) in [5.41, 5.74) is 0.887. The highest BCUT2D eigenvalue weighted by Gasteiger charge is 2.15. The van der Waals surface area contributed by atoms with Crippen molar-refractivity contribution < 1.29 is 4.42 Å². The number of halogens is 1. The Hall–Kier alpha value is -1.39. The average molecular weight is 294 g/mol. The fourth-order valence-electron chi connectivity index (χ4n) is 2.28. The van der Waals surface area contributed by atoms with Crippen molar-refractivity contribution in [3.63, 3.8) is 0 Å². The van der Waals surface area contributed by atoms with Crippen molar-refractivity contribution in [1.82, 2.24) is 15.1 Å². The maximum atomic E-state index is 5.87. The average Bonchev–Trinajstić information content (AvgIpc) is 2.89. The van der Waals surface area contributed by atoms with Crippen LogP contribution >= 0.6 is 11.6 Å². The van der Waals surface area contributed by atoms with Gasteiger partial charge < -0.3 is 4.42 Å². The monoisotopic (exact) mass is 293 g/mol. The molecule has 2 aromatic rings. The largest absolute Gasteiger partial charge is 0.419 e. The molecular formula is C15H20ClN3O. The first-order valence-electron chi connectivity index (χ1n) is 6.92. The fourth-order valence-corrected chi connectivity index (χ4v) is 2.41. The van der Waals surface area contributed by atoms with Crippen LogP contribution < -0.4 is 0 Å². The van der Waals surface area contributed by atoms with E-state index in [-0.39, 0.29) is 0 Å². The molecule has 0 radical (unpaired) electrons. The molecule has 4 nitrogen and oxygen atoms in total. The first-order valence-corrected chi connectivity index (χ1v) is 7.30. The molecular weight excluding hydrogens is 274 g/mol. The summed E-state index contributed by atoms with van der Waals surface area (Å²) >= 11 is 5.87. The van der Waals surface area contributed by atoms with E-state index in [2.05, 4.69) is 36.0 Å². The summed E-state index contributed by atoms with van der Waals surface area (Å²) in [5.74, 6) is 1.18. The first-order chi connectivity index (χ1) is 9.63. The molecule has 0 fully saturated rings. The smallest absolute Gasteiger partial charge is 0.247 e. The van der Waals surface area contributed by atoms with E-state index in [1.54, 1.807) is 0 Å². The lowest BCUT2D eigenvalue weighted by molar-refractivity contribution is 0.202. The lowest BCUT2D eigenvalue weighted by atomic mass is 10.1. The number of aromatic nitrogens is 2. The topological polar surface area (TPSA) is 42.2 Å². The second kappa shape index (κ2) is 6.86. The summed E-state index contributed by atoms with van der Waals surface area (Å²) in [5, 5.41) is 8.90. The van der Waals surface area contributed by atoms with Gasteiger partial charge in [-0.25, -0.2) is 0 Å². The molecule has 0 saturated carbocycles. The van der Waals surface area contributed by atoms with Crippen LogP contribution in [0.15, 0.2) is 28.7 Å². The van der Waals surface area contributed by atoms with Crippen molar-refractivity contribution in [2.45, 2.75) is 39.3 Å². The van der Waals surface area contributed by atoms with E-state index in [4.69, 9.17) is 16.0 Å². The number of rotatable bonds is 6. The highest BCUT2D eigenvalue weighted by atomic mass is 35.5. The minimum atomic E-state index is 0.537. The minimum Gasteiger partial charge on any atom is -0.419 e. The highest BCUT2D eigenvalue weighted by molar-refractivity contribution is 6.30. The van der Waals surface area contributed by atoms with Gasteiger partial charge in [0.15, 0.2) is 0 Å². The van der Waals surface area contributed by atoms with Crippen LogP contribution in [0.25, 0.3) is 11.5 Å². The number of nitrogens with zero attached hydrogens (tertiary/aromatic N) is 3. The van der Waals surface area contributed by atoms with Gasteiger partial charge in [-0.15, -0.1) is 10.2 Å². The predicted octanol–water partition coefficient (Wildman–Crippen LogP) is 4.01. The standard InChI is InChI=1S/C15H20ClN3O/c1-4-13(5-2)19(3)10-14-17-18-15(20-14)11-6-8-12(16)9-7-11/h6-9,13H,4-5,10H2,1-3H3. The van der Waals surface area contributed by atoms with Crippen LogP contribution in [0.3, 0.4) is 0 Å². The van der Waals surface area contributed by atoms with Crippen LogP contribution in [0, 0.1) is 0 Å². The van der Waals surface area contributed by atoms with Gasteiger partial charge in [0.1, 0.15) is 0 Å². The van der Waals surface area contributed by atoms with Crippen LogP contribution in [-0.4, -0.2) is 28.2 Å². The molecule has 0 unspecified atom stereocenters. The number of benzene rings is 1. The molecule has 0 spiro atoms. The molecule has 0 amide bonds. The molecule has 2 rings (SSSR count). The maximum Gasteiger partial charge on any atom is 0.247 e. The Morgan fingerprint density at radius 2 is 1.80 bits per heavy atom. The summed E-state index contributed by atoms with van der Waals surface area (Å²) in [6.07, 6.45) is 2.23. The van der Waals surface area contributed by atoms with E-state index >= 15 is 0 Å². The van der Waals surface area contributed by atoms with E-state index < -0.39 is 0 Å². The van der Waals surface area contributed by atoms with Crippen molar-refractivity contribution in [3.05, 3.63) is 35.2 Å². The molecule has 1 heterocycles. The normalized spacial score (nSPS) is 11.5. The summed E-state index contributed by atoms with van der Waals surface area (Å²) in [4.78, 5) is 2.25. The zero-order chi connectivity index (χ0) is 14.5. The lowest BCUT2D eigenvalue weighted by Gasteiger charge is -2.24. The second-order valence-electron chi connectivity index (χ2n) is 4.89. The molecule has 0 saturated heterocycles. The first kappa shape index (κ1) is 15.0.